The molecule has 1 aliphatic heterocycles. The second kappa shape index (κ2) is 16.0. The number of hydrogen-bond donors (Lipinski definition) is 1. The Labute approximate surface area is 285 Å². The zero-order valence-electron chi connectivity index (χ0n) is 26.5. The molecule has 1 atom stereocenters. The maximum atomic E-state index is 14.6. The maximum absolute atomic E-state index is 14.6. The van der Waals surface area contributed by atoms with E-state index in [-0.39, 0.29) is 41.8 Å². The van der Waals surface area contributed by atoms with Crippen molar-refractivity contribution in [2.45, 2.75) is 43.7 Å². The molecule has 1 heterocycles. The first-order valence-electron chi connectivity index (χ1n) is 15.7. The van der Waals surface area contributed by atoms with Gasteiger partial charge in [-0.15, -0.1) is 0 Å². The minimum atomic E-state index is -4.43. The molecule has 0 bridgehead atoms. The van der Waals surface area contributed by atoms with Crippen LogP contribution in [0.25, 0.3) is 0 Å². The predicted molar refractivity (Wildman–Crippen MR) is 182 cm³/mol. The summed E-state index contributed by atoms with van der Waals surface area (Å²) in [4.78, 5) is 29.6. The van der Waals surface area contributed by atoms with Crippen molar-refractivity contribution in [3.63, 3.8) is 0 Å². The fraction of sp³-hybridized carbons (Fsp3) is 0.278. The number of ether oxygens (including phenoxy) is 2. The molecule has 252 valence electrons. The van der Waals surface area contributed by atoms with Crippen molar-refractivity contribution in [2.75, 3.05) is 30.6 Å². The Morgan fingerprint density at radius 2 is 1.60 bits per heavy atom. The van der Waals surface area contributed by atoms with E-state index in [1.165, 1.54) is 35.2 Å². The van der Waals surface area contributed by atoms with Crippen molar-refractivity contribution in [3.8, 4) is 11.5 Å². The first kappa shape index (κ1) is 34.7. The molecule has 4 aromatic carbocycles. The third-order valence-corrected chi connectivity index (χ3v) is 10.0. The van der Waals surface area contributed by atoms with Gasteiger partial charge in [0.15, 0.2) is 11.5 Å². The number of halogens is 2. The number of sulfonamides is 1. The molecule has 2 amide bonds. The second-order valence-electron chi connectivity index (χ2n) is 11.3. The lowest BCUT2D eigenvalue weighted by atomic mass is 10.0. The lowest BCUT2D eigenvalue weighted by Crippen LogP contribution is -2.53. The van der Waals surface area contributed by atoms with Crippen LogP contribution in [0.2, 0.25) is 5.02 Å². The monoisotopic (exact) mass is 693 g/mol. The van der Waals surface area contributed by atoms with Gasteiger partial charge in [-0.25, -0.2) is 12.8 Å². The van der Waals surface area contributed by atoms with Crippen molar-refractivity contribution in [1.29, 1.82) is 0 Å². The quantitative estimate of drug-likeness (QED) is 0.163. The van der Waals surface area contributed by atoms with Crippen LogP contribution in [0.4, 0.5) is 10.1 Å². The molecular weight excluding hydrogens is 657 g/mol. The van der Waals surface area contributed by atoms with Gasteiger partial charge in [0.1, 0.15) is 31.6 Å². The van der Waals surface area contributed by atoms with E-state index in [4.69, 9.17) is 21.1 Å². The fourth-order valence-electron chi connectivity index (χ4n) is 5.32. The van der Waals surface area contributed by atoms with Gasteiger partial charge in [0.2, 0.25) is 11.8 Å². The number of rotatable bonds is 14. The van der Waals surface area contributed by atoms with Crippen molar-refractivity contribution < 1.29 is 31.9 Å². The van der Waals surface area contributed by atoms with Gasteiger partial charge in [0.05, 0.1) is 10.6 Å². The third-order valence-electron chi connectivity index (χ3n) is 7.89. The highest BCUT2D eigenvalue weighted by Crippen LogP contribution is 2.34. The van der Waals surface area contributed by atoms with E-state index in [1.807, 2.05) is 37.3 Å². The van der Waals surface area contributed by atoms with E-state index in [0.717, 1.165) is 34.8 Å². The van der Waals surface area contributed by atoms with Crippen LogP contribution in [-0.2, 0) is 32.6 Å². The fourth-order valence-corrected chi connectivity index (χ4v) is 6.94. The van der Waals surface area contributed by atoms with Gasteiger partial charge in [-0.2, -0.15) is 0 Å². The number of amides is 2. The van der Waals surface area contributed by atoms with Gasteiger partial charge in [-0.1, -0.05) is 73.5 Å². The van der Waals surface area contributed by atoms with Crippen LogP contribution >= 0.6 is 11.6 Å². The first-order valence-corrected chi connectivity index (χ1v) is 17.5. The predicted octanol–water partition coefficient (Wildman–Crippen LogP) is 6.00. The number of carbonyl (C=O) groups excluding carboxylic acids is 2. The van der Waals surface area contributed by atoms with Crippen molar-refractivity contribution in [3.05, 3.63) is 119 Å². The molecule has 0 fully saturated rings. The normalized spacial score (nSPS) is 13.0. The van der Waals surface area contributed by atoms with E-state index >= 15 is 0 Å². The first-order chi connectivity index (χ1) is 23.2. The number of anilines is 1. The highest BCUT2D eigenvalue weighted by Gasteiger charge is 2.35. The Morgan fingerprint density at radius 1 is 0.917 bits per heavy atom. The van der Waals surface area contributed by atoms with Crippen LogP contribution in [-0.4, -0.2) is 57.5 Å². The molecule has 1 N–H and O–H groups in total. The van der Waals surface area contributed by atoms with Crippen LogP contribution in [0, 0.1) is 5.82 Å². The van der Waals surface area contributed by atoms with Gasteiger partial charge in [0, 0.05) is 30.6 Å². The number of benzene rings is 4. The highest BCUT2D eigenvalue weighted by molar-refractivity contribution is 7.92. The number of nitrogens with one attached hydrogen (secondary N) is 1. The molecule has 48 heavy (non-hydrogen) atoms. The summed E-state index contributed by atoms with van der Waals surface area (Å²) in [6.45, 7) is 2.23. The Balaban J connectivity index is 1.57. The van der Waals surface area contributed by atoms with Crippen LogP contribution in [0.3, 0.4) is 0 Å². The largest absolute Gasteiger partial charge is 0.486 e. The van der Waals surface area contributed by atoms with E-state index in [9.17, 15) is 22.4 Å². The Morgan fingerprint density at radius 3 is 2.31 bits per heavy atom. The van der Waals surface area contributed by atoms with Crippen molar-refractivity contribution in [1.82, 2.24) is 10.2 Å². The molecule has 0 saturated carbocycles. The molecule has 0 radical (unpaired) electrons. The van der Waals surface area contributed by atoms with Gasteiger partial charge in [-0.3, -0.25) is 13.9 Å². The van der Waals surface area contributed by atoms with E-state index in [1.54, 1.807) is 24.3 Å². The molecule has 0 spiro atoms. The molecular formula is C36H37ClFN3O6S. The third kappa shape index (κ3) is 8.45. The van der Waals surface area contributed by atoms with Crippen LogP contribution in [0.15, 0.2) is 102 Å². The molecule has 5 rings (SSSR count). The van der Waals surface area contributed by atoms with Crippen molar-refractivity contribution >= 4 is 39.1 Å². The lowest BCUT2D eigenvalue weighted by molar-refractivity contribution is -0.140. The summed E-state index contributed by atoms with van der Waals surface area (Å²) in [6, 6.07) is 24.2. The van der Waals surface area contributed by atoms with E-state index < -0.39 is 34.3 Å². The highest BCUT2D eigenvalue weighted by atomic mass is 35.5. The number of nitrogens with zero attached hydrogens (tertiary/aromatic N) is 2. The summed E-state index contributed by atoms with van der Waals surface area (Å²) in [5.41, 5.74) is 1.45. The lowest BCUT2D eigenvalue weighted by Gasteiger charge is -2.34. The number of fused-ring (bicyclic) bond motifs is 1. The Hall–Kier alpha value is -4.61. The smallest absolute Gasteiger partial charge is 0.264 e. The molecule has 0 aliphatic carbocycles. The number of hydrogen-bond acceptors (Lipinski definition) is 6. The van der Waals surface area contributed by atoms with Crippen LogP contribution in [0.1, 0.15) is 30.9 Å². The maximum Gasteiger partial charge on any atom is 0.264 e. The number of carbonyl (C=O) groups is 2. The summed E-state index contributed by atoms with van der Waals surface area (Å²) >= 11 is 6.54. The molecule has 0 saturated heterocycles. The standard InChI is InChI=1S/C36H37ClFN3O6S/c1-2-3-19-39-36(43)32(22-26-9-5-4-6-10-26)40(24-27-11-7-8-12-31(27)37)35(42)25-41(29-15-13-28(38)14-16-29)48(44,45)30-17-18-33-34(23-30)47-21-20-46-33/h4-18,23,32H,2-3,19-22,24-25H2,1H3,(H,39,43)/t32-/m0/s1. The average molecular weight is 694 g/mol. The topological polar surface area (TPSA) is 105 Å². The Bertz CT molecular complexity index is 1830. The summed E-state index contributed by atoms with van der Waals surface area (Å²) in [7, 11) is -4.43. The van der Waals surface area contributed by atoms with Gasteiger partial charge < -0.3 is 19.7 Å². The zero-order valence-corrected chi connectivity index (χ0v) is 28.1. The van der Waals surface area contributed by atoms with E-state index in [2.05, 4.69) is 5.32 Å². The van der Waals surface area contributed by atoms with Crippen LogP contribution in [0.5, 0.6) is 11.5 Å². The molecule has 9 nitrogen and oxygen atoms in total. The summed E-state index contributed by atoms with van der Waals surface area (Å²) in [5, 5.41) is 3.34. The van der Waals surface area contributed by atoms with Gasteiger partial charge in [0.25, 0.3) is 10.0 Å². The molecule has 12 heteroatoms. The summed E-state index contributed by atoms with van der Waals surface area (Å²) in [5.74, 6) is -0.968. The average Bonchev–Trinajstić information content (AvgIpc) is 3.10. The van der Waals surface area contributed by atoms with Gasteiger partial charge >= 0.3 is 0 Å². The zero-order chi connectivity index (χ0) is 34.1. The molecule has 0 aromatic heterocycles. The van der Waals surface area contributed by atoms with E-state index in [0.29, 0.717) is 29.5 Å². The minimum Gasteiger partial charge on any atom is -0.486 e. The summed E-state index contributed by atoms with van der Waals surface area (Å²) in [6.07, 6.45) is 1.77. The molecule has 0 unspecified atom stereocenters. The Kier molecular flexibility index (Phi) is 11.6. The minimum absolute atomic E-state index is 0.0596. The summed E-state index contributed by atoms with van der Waals surface area (Å²) < 4.78 is 54.7. The molecule has 1 aliphatic rings. The number of unbranched alkanes of at least 4 members (excludes halogenated alkanes) is 1. The van der Waals surface area contributed by atoms with Gasteiger partial charge in [-0.05, 0) is 60.0 Å². The molecule has 4 aromatic rings. The van der Waals surface area contributed by atoms with Crippen LogP contribution < -0.4 is 19.1 Å². The second-order valence-corrected chi connectivity index (χ2v) is 13.5. The van der Waals surface area contributed by atoms with Crippen molar-refractivity contribution in [2.24, 2.45) is 0 Å². The SMILES string of the molecule is CCCCNC(=O)[C@H](Cc1ccccc1)N(Cc1ccccc1Cl)C(=O)CN(c1ccc(F)cc1)S(=O)(=O)c1ccc2c(c1)OCCO2.